The van der Waals surface area contributed by atoms with E-state index in [0.717, 1.165) is 0 Å². The van der Waals surface area contributed by atoms with E-state index in [0.29, 0.717) is 51.4 Å². The van der Waals surface area contributed by atoms with Gasteiger partial charge in [0.2, 0.25) is 0 Å². The van der Waals surface area contributed by atoms with Gasteiger partial charge < -0.3 is 57.3 Å². The largest absolute Gasteiger partial charge is 0.536 e. The highest BCUT2D eigenvalue weighted by Crippen LogP contribution is 2.57. The monoisotopic (exact) mass is 775 g/mol. The Morgan fingerprint density at radius 2 is 1.04 bits per heavy atom. The minimum atomic E-state index is -3.42. The fourth-order valence-corrected chi connectivity index (χ4v) is 10.1. The van der Waals surface area contributed by atoms with Crippen LogP contribution < -0.4 is 0 Å². The van der Waals surface area contributed by atoms with Crippen LogP contribution >= 0.6 is 0 Å². The molecule has 6 fully saturated rings. The number of esters is 2. The average molecular weight is 776 g/mol. The van der Waals surface area contributed by atoms with E-state index in [4.69, 9.17) is 47.0 Å². The Kier molecular flexibility index (Phi) is 10.2. The molecular formula is C40H60BO14-. The first-order valence-corrected chi connectivity index (χ1v) is 20.5. The third-order valence-corrected chi connectivity index (χ3v) is 14.3. The molecule has 14 nitrogen and oxygen atoms in total. The summed E-state index contributed by atoms with van der Waals surface area (Å²) in [6, 6.07) is 0. The number of hydrogen-bond donors (Lipinski definition) is 2. The predicted octanol–water partition coefficient (Wildman–Crippen LogP) is 4.15. The lowest BCUT2D eigenvalue weighted by atomic mass is 9.73. The molecule has 0 saturated carbocycles. The molecule has 0 radical (unpaired) electrons. The molecule has 55 heavy (non-hydrogen) atoms. The number of ether oxygens (including phenoxy) is 6. The first-order valence-electron chi connectivity index (χ1n) is 20.5. The Balaban J connectivity index is 1.27. The highest BCUT2D eigenvalue weighted by molar-refractivity contribution is 6.56. The van der Waals surface area contributed by atoms with Crippen LogP contribution in [0.4, 0.5) is 0 Å². The van der Waals surface area contributed by atoms with E-state index in [-0.39, 0.29) is 12.2 Å². The van der Waals surface area contributed by atoms with Crippen LogP contribution in [0.2, 0.25) is 0 Å². The van der Waals surface area contributed by atoms with Gasteiger partial charge in [0.15, 0.2) is 23.8 Å². The molecular weight excluding hydrogens is 715 g/mol. The van der Waals surface area contributed by atoms with E-state index in [1.54, 1.807) is 0 Å². The smallest absolute Gasteiger partial charge is 0.504 e. The van der Waals surface area contributed by atoms with Crippen molar-refractivity contribution in [2.45, 2.75) is 192 Å². The average Bonchev–Trinajstić information content (AvgIpc) is 3.84. The van der Waals surface area contributed by atoms with Crippen molar-refractivity contribution in [2.24, 2.45) is 22.7 Å². The number of hydrogen-bond acceptors (Lipinski definition) is 14. The zero-order valence-corrected chi connectivity index (χ0v) is 33.4. The van der Waals surface area contributed by atoms with Crippen LogP contribution in [0, 0.1) is 22.7 Å². The number of carbonyl (C=O) groups is 2. The third kappa shape index (κ3) is 6.66. The number of aliphatic hydroxyl groups is 2. The molecule has 8 rings (SSSR count). The molecule has 308 valence electrons. The number of rotatable bonds is 0. The summed E-state index contributed by atoms with van der Waals surface area (Å²) >= 11 is 0. The summed E-state index contributed by atoms with van der Waals surface area (Å²) < 4.78 is 65.8. The topological polar surface area (TPSA) is 167 Å². The highest BCUT2D eigenvalue weighted by atomic mass is 17.0. The molecule has 0 amide bonds. The van der Waals surface area contributed by atoms with Gasteiger partial charge in [0.1, 0.15) is 12.2 Å². The second-order valence-corrected chi connectivity index (χ2v) is 18.6. The molecule has 6 saturated heterocycles. The maximum atomic E-state index is 14.6. The van der Waals surface area contributed by atoms with Gasteiger partial charge in [0.25, 0.3) is 0 Å². The van der Waals surface area contributed by atoms with E-state index in [9.17, 15) is 19.8 Å². The van der Waals surface area contributed by atoms with E-state index in [1.165, 1.54) is 0 Å². The molecule has 3 spiro atoms. The summed E-state index contributed by atoms with van der Waals surface area (Å²) in [4.78, 5) is 29.2. The van der Waals surface area contributed by atoms with E-state index >= 15 is 0 Å². The van der Waals surface area contributed by atoms with Gasteiger partial charge in [0.05, 0.1) is 48.8 Å². The van der Waals surface area contributed by atoms with Gasteiger partial charge in [-0.15, -0.1) is 0 Å². The standard InChI is InChI=1S/C40H60BO14/c1-21-15-17-31-37(5,6)29(42)13-9-11-26-20-28(24(4)47-26)49-36(45)34-40-22(2)16-18-32(51-40)38(7,8)30(43)14-10-12-25-19-27(23(3)46-25)48-35(44)33-39(21,50-31)54-41(52-33,53-34)55-40/h9-12,21-34,42-43H,13-20H2,1-8H3/q-1/b11-9+,12-10+/t21-,22-,23-,24-,25-,26-,27+,28+,29?,30?,31+,32+,33+,34+,39+,40+,41?/m1/s1. The van der Waals surface area contributed by atoms with E-state index in [2.05, 4.69) is 0 Å². The molecule has 8 aliphatic rings. The van der Waals surface area contributed by atoms with Crippen molar-refractivity contribution < 1.29 is 66.8 Å². The second kappa shape index (κ2) is 14.1. The van der Waals surface area contributed by atoms with Gasteiger partial charge in [-0.05, 0) is 52.4 Å². The van der Waals surface area contributed by atoms with Crippen LogP contribution in [-0.4, -0.2) is 114 Å². The second-order valence-electron chi connectivity index (χ2n) is 18.6. The van der Waals surface area contributed by atoms with Crippen molar-refractivity contribution in [1.29, 1.82) is 0 Å². The Morgan fingerprint density at radius 1 is 0.636 bits per heavy atom. The fraction of sp³-hybridized carbons (Fsp3) is 0.850. The normalized spacial score (nSPS) is 53.3. The maximum absolute atomic E-state index is 14.6. The molecule has 8 aliphatic heterocycles. The SMILES string of the molecule is C[C@@H]1CC[C@@H]2O[C@]13O[B-]14O[C@H]3C(=O)O[C@H]3C[C@@H](/C=C/CC(O)C(C)(C)[C@@H]5CC[C@@H](C)[C@](O5)(O1)[C@@H](O4)C(=O)O[C@H]1C[C@@H](/C=C/CC(O)C2(C)C)O[C@@H]1C)O[C@@H]3C. The molecule has 15 heteroatoms. The van der Waals surface area contributed by atoms with Crippen molar-refractivity contribution in [3.8, 4) is 0 Å². The molecule has 0 aromatic rings. The zero-order valence-electron chi connectivity index (χ0n) is 33.4. The molecule has 11 bridgehead atoms. The summed E-state index contributed by atoms with van der Waals surface area (Å²) in [5.41, 5.74) is -1.64. The molecule has 16 atom stereocenters. The minimum Gasteiger partial charge on any atom is -0.504 e. The molecule has 2 unspecified atom stereocenters. The Hall–Kier alpha value is -1.92. The molecule has 0 aliphatic carbocycles. The Labute approximate surface area is 323 Å². The van der Waals surface area contributed by atoms with Crippen molar-refractivity contribution in [3.63, 3.8) is 0 Å². The van der Waals surface area contributed by atoms with Crippen molar-refractivity contribution in [3.05, 3.63) is 24.3 Å². The summed E-state index contributed by atoms with van der Waals surface area (Å²) in [6.07, 6.45) is 2.49. The maximum Gasteiger partial charge on any atom is 0.536 e. The summed E-state index contributed by atoms with van der Waals surface area (Å²) in [6.45, 7) is 11.8. The molecule has 0 aromatic carbocycles. The van der Waals surface area contributed by atoms with Gasteiger partial charge in [-0.2, -0.15) is 0 Å². The first-order chi connectivity index (χ1) is 25.9. The zero-order chi connectivity index (χ0) is 39.3. The van der Waals surface area contributed by atoms with E-state index in [1.807, 2.05) is 79.7 Å². The van der Waals surface area contributed by atoms with Crippen molar-refractivity contribution in [2.75, 3.05) is 0 Å². The fourth-order valence-electron chi connectivity index (χ4n) is 10.1. The summed E-state index contributed by atoms with van der Waals surface area (Å²) in [5, 5.41) is 23.3. The van der Waals surface area contributed by atoms with Gasteiger partial charge >= 0.3 is 18.9 Å². The predicted molar refractivity (Wildman–Crippen MR) is 194 cm³/mol. The molecule has 8 heterocycles. The van der Waals surface area contributed by atoms with Gasteiger partial charge in [-0.3, -0.25) is 0 Å². The Morgan fingerprint density at radius 3 is 1.44 bits per heavy atom. The lowest BCUT2D eigenvalue weighted by molar-refractivity contribution is -0.310. The van der Waals surface area contributed by atoms with E-state index < -0.39 is 114 Å². The number of aliphatic hydroxyl groups excluding tert-OH is 2. The van der Waals surface area contributed by atoms with Crippen LogP contribution in [0.25, 0.3) is 0 Å². The number of fused-ring (bicyclic) bond motifs is 8. The van der Waals surface area contributed by atoms with Crippen LogP contribution in [0.15, 0.2) is 24.3 Å². The molecule has 2 N–H and O–H groups in total. The minimum absolute atomic E-state index is 0.318. The quantitative estimate of drug-likeness (QED) is 0.205. The summed E-state index contributed by atoms with van der Waals surface area (Å²) in [5.74, 6) is -6.02. The van der Waals surface area contributed by atoms with Crippen molar-refractivity contribution >= 4 is 18.9 Å². The Bertz CT molecular complexity index is 1440. The lowest BCUT2D eigenvalue weighted by Crippen LogP contribution is -2.61. The lowest BCUT2D eigenvalue weighted by Gasteiger charge is -2.52. The molecule has 0 aromatic heterocycles. The summed E-state index contributed by atoms with van der Waals surface area (Å²) in [7, 11) is 0. The van der Waals surface area contributed by atoms with Crippen molar-refractivity contribution in [1.82, 2.24) is 0 Å². The van der Waals surface area contributed by atoms with Crippen LogP contribution in [0.5, 0.6) is 0 Å². The first kappa shape index (κ1) is 39.9. The van der Waals surface area contributed by atoms with Crippen LogP contribution in [0.1, 0.15) is 107 Å². The highest BCUT2D eigenvalue weighted by Gasteiger charge is 2.73. The van der Waals surface area contributed by atoms with Crippen LogP contribution in [-0.2, 0) is 56.6 Å². The third-order valence-electron chi connectivity index (χ3n) is 14.3. The number of carbonyl (C=O) groups excluding carboxylic acids is 2. The van der Waals surface area contributed by atoms with Gasteiger partial charge in [-0.25, -0.2) is 9.59 Å². The van der Waals surface area contributed by atoms with Gasteiger partial charge in [0, 0.05) is 35.5 Å². The van der Waals surface area contributed by atoms with Gasteiger partial charge in [-0.1, -0.05) is 65.8 Å². The van der Waals surface area contributed by atoms with Crippen LogP contribution in [0.3, 0.4) is 0 Å².